The van der Waals surface area contributed by atoms with Gasteiger partial charge in [-0.1, -0.05) is 6.08 Å². The van der Waals surface area contributed by atoms with Gasteiger partial charge in [0.15, 0.2) is 0 Å². The monoisotopic (exact) mass is 242 g/mol. The topological polar surface area (TPSA) is 0 Å². The van der Waals surface area contributed by atoms with Crippen LogP contribution in [0.15, 0.2) is 12.7 Å². The summed E-state index contributed by atoms with van der Waals surface area (Å²) < 4.78 is 0. The number of allylic oxidation sites excluding steroid dienone is 1. The first kappa shape index (κ1) is 44.7. The Morgan fingerprint density at radius 1 is 1.22 bits per heavy atom. The molecule has 0 spiro atoms. The molecule has 0 saturated heterocycles. The van der Waals surface area contributed by atoms with E-state index in [2.05, 4.69) is 15.8 Å². The maximum absolute atomic E-state index is 3.46. The normalized spacial score (nSPS) is 2.78. The van der Waals surface area contributed by atoms with Crippen LogP contribution in [0.4, 0.5) is 0 Å². The van der Waals surface area contributed by atoms with Gasteiger partial charge in [-0.15, -0.1) is 28.2 Å². The van der Waals surface area contributed by atoms with Crippen LogP contribution < -0.4 is 37.2 Å². The van der Waals surface area contributed by atoms with Gasteiger partial charge in [0.25, 0.3) is 0 Å². The molecule has 0 aromatic heterocycles. The zero-order chi connectivity index (χ0) is 3.41. The molecule has 0 rings (SSSR count). The Kier molecular flexibility index (Phi) is 258. The summed E-state index contributed by atoms with van der Waals surface area (Å²) in [6, 6.07) is 0. The van der Waals surface area contributed by atoms with E-state index >= 15 is 0 Å². The van der Waals surface area contributed by atoms with E-state index in [1.54, 1.807) is 0 Å². The van der Waals surface area contributed by atoms with Gasteiger partial charge in [-0.05, 0) is 6.16 Å². The standard InChI is InChI=1S/C3H7P.Al.4ClH/c1-2-3-4;;;;;/h2H,1,3-4H2;;4*1H/q;+3;;;;/p-3. The predicted octanol–water partition coefficient (Wildman–Crippen LogP) is -7.90. The van der Waals surface area contributed by atoms with Gasteiger partial charge in [0.2, 0.25) is 0 Å². The van der Waals surface area contributed by atoms with Crippen molar-refractivity contribution in [1.82, 2.24) is 0 Å². The third-order valence-corrected chi connectivity index (χ3v) is 0.500. The summed E-state index contributed by atoms with van der Waals surface area (Å²) in [4.78, 5) is 0. The molecule has 0 aliphatic rings. The van der Waals surface area contributed by atoms with Crippen LogP contribution in [0.2, 0.25) is 0 Å². The first-order valence-electron chi connectivity index (χ1n) is 1.22. The average Bonchev–Trinajstić information content (AvgIpc) is 1.37. The Morgan fingerprint density at radius 2 is 1.33 bits per heavy atom. The Labute approximate surface area is 94.6 Å². The summed E-state index contributed by atoms with van der Waals surface area (Å²) in [5.74, 6) is 0. The molecule has 0 heterocycles. The summed E-state index contributed by atoms with van der Waals surface area (Å²) >= 11 is 0. The third-order valence-electron chi connectivity index (χ3n) is 0.167. The fourth-order valence-corrected chi connectivity index (χ4v) is 0. The molecule has 0 aliphatic heterocycles. The molecule has 0 amide bonds. The second kappa shape index (κ2) is 51.9. The Hall–Kier alpha value is 1.86. The minimum atomic E-state index is 0. The number of rotatable bonds is 1. The third kappa shape index (κ3) is 74.4. The van der Waals surface area contributed by atoms with Crippen LogP contribution in [0.1, 0.15) is 0 Å². The molecule has 0 N–H and O–H groups in total. The van der Waals surface area contributed by atoms with E-state index in [-0.39, 0.29) is 67.0 Å². The van der Waals surface area contributed by atoms with E-state index < -0.39 is 0 Å². The molecular formula is C3H8AlCl4P. The fraction of sp³-hybridized carbons (Fsp3) is 0.333. The van der Waals surface area contributed by atoms with Gasteiger partial charge in [-0.25, -0.2) is 0 Å². The van der Waals surface area contributed by atoms with Gasteiger partial charge in [0.05, 0.1) is 0 Å². The van der Waals surface area contributed by atoms with E-state index in [4.69, 9.17) is 0 Å². The van der Waals surface area contributed by atoms with Crippen molar-refractivity contribution in [2.45, 2.75) is 0 Å². The molecule has 0 fully saturated rings. The average molecular weight is 244 g/mol. The smallest absolute Gasteiger partial charge is 1.00 e. The van der Waals surface area contributed by atoms with Gasteiger partial charge in [0, 0.05) is 0 Å². The van der Waals surface area contributed by atoms with Gasteiger partial charge < -0.3 is 37.2 Å². The molecule has 1 atom stereocenters. The van der Waals surface area contributed by atoms with Crippen molar-refractivity contribution >= 4 is 39.0 Å². The van der Waals surface area contributed by atoms with Crippen LogP contribution >= 0.6 is 21.6 Å². The molecule has 9 heavy (non-hydrogen) atoms. The molecule has 56 valence electrons. The van der Waals surface area contributed by atoms with E-state index in [1.165, 1.54) is 0 Å². The van der Waals surface area contributed by atoms with Crippen molar-refractivity contribution in [2.75, 3.05) is 6.16 Å². The van der Waals surface area contributed by atoms with Crippen LogP contribution in [0.5, 0.6) is 0 Å². The van der Waals surface area contributed by atoms with Crippen molar-refractivity contribution in [2.24, 2.45) is 0 Å². The van der Waals surface area contributed by atoms with Crippen molar-refractivity contribution in [3.05, 3.63) is 12.7 Å². The number of halogens is 4. The Bertz CT molecular complexity index is 29.8. The second-order valence-electron chi connectivity index (χ2n) is 0.524. The van der Waals surface area contributed by atoms with Crippen LogP contribution in [-0.4, -0.2) is 23.5 Å². The molecule has 6 heteroatoms. The predicted molar refractivity (Wildman–Crippen MR) is 37.8 cm³/mol. The number of hydrogen-bond donors (Lipinski definition) is 0. The first-order chi connectivity index (χ1) is 1.91. The van der Waals surface area contributed by atoms with Crippen LogP contribution in [0.25, 0.3) is 0 Å². The quantitative estimate of drug-likeness (QED) is 0.244. The van der Waals surface area contributed by atoms with Crippen LogP contribution in [0.3, 0.4) is 0 Å². The van der Waals surface area contributed by atoms with Crippen molar-refractivity contribution in [1.29, 1.82) is 0 Å². The molecule has 0 saturated carbocycles. The van der Waals surface area contributed by atoms with Gasteiger partial charge >= 0.3 is 17.4 Å². The molecule has 0 nitrogen and oxygen atoms in total. The van der Waals surface area contributed by atoms with Crippen molar-refractivity contribution in [3.8, 4) is 0 Å². The van der Waals surface area contributed by atoms with Crippen molar-refractivity contribution < 1.29 is 37.2 Å². The van der Waals surface area contributed by atoms with Gasteiger partial charge in [-0.2, -0.15) is 0 Å². The molecule has 0 bridgehead atoms. The minimum Gasteiger partial charge on any atom is -1.00 e. The number of hydrogen-bond acceptors (Lipinski definition) is 0. The van der Waals surface area contributed by atoms with Gasteiger partial charge in [0.1, 0.15) is 0 Å². The summed E-state index contributed by atoms with van der Waals surface area (Å²) in [5.41, 5.74) is 0. The molecule has 1 unspecified atom stereocenters. The zero-order valence-corrected chi connectivity index (χ0v) is 10.1. The first-order valence-corrected chi connectivity index (χ1v) is 2.04. The molecule has 0 aromatic rings. The maximum Gasteiger partial charge on any atom is 3.00 e. The minimum absolute atomic E-state index is 0. The summed E-state index contributed by atoms with van der Waals surface area (Å²) in [7, 11) is 2.54. The largest absolute Gasteiger partial charge is 3.00 e. The zero-order valence-electron chi connectivity index (χ0n) is 4.69. The van der Waals surface area contributed by atoms with Crippen molar-refractivity contribution in [3.63, 3.8) is 0 Å². The van der Waals surface area contributed by atoms with E-state index in [0.717, 1.165) is 6.16 Å². The summed E-state index contributed by atoms with van der Waals surface area (Å²) in [6.07, 6.45) is 2.84. The molecule has 0 aliphatic carbocycles. The summed E-state index contributed by atoms with van der Waals surface area (Å²) in [5, 5.41) is 0. The van der Waals surface area contributed by atoms with E-state index in [0.29, 0.717) is 0 Å². The van der Waals surface area contributed by atoms with Crippen LogP contribution in [-0.2, 0) is 0 Å². The maximum atomic E-state index is 3.46. The SMILES string of the molecule is C=CCP.Cl.[Al+3].[Cl-].[Cl-].[Cl-]. The fourth-order valence-electron chi connectivity index (χ4n) is 0. The van der Waals surface area contributed by atoms with Gasteiger partial charge in [-0.3, -0.25) is 0 Å². The summed E-state index contributed by atoms with van der Waals surface area (Å²) in [6.45, 7) is 3.46. The van der Waals surface area contributed by atoms with E-state index in [1.807, 2.05) is 6.08 Å². The molecular weight excluding hydrogens is 236 g/mol. The Morgan fingerprint density at radius 3 is 1.33 bits per heavy atom. The van der Waals surface area contributed by atoms with E-state index in [9.17, 15) is 0 Å². The molecule has 0 aromatic carbocycles. The van der Waals surface area contributed by atoms with Crippen LogP contribution in [0, 0.1) is 0 Å². The second-order valence-corrected chi connectivity index (χ2v) is 0.996. The Balaban J connectivity index is -0.00000000450. The molecule has 0 radical (unpaired) electrons.